The minimum Gasteiger partial charge on any atom is -0.496 e. The molecule has 0 saturated heterocycles. The Bertz CT molecular complexity index is 943. The van der Waals surface area contributed by atoms with Crippen LogP contribution < -0.4 is 4.74 Å². The number of halogens is 2. The van der Waals surface area contributed by atoms with E-state index in [4.69, 9.17) is 21.1 Å². The van der Waals surface area contributed by atoms with Crippen LogP contribution in [0.15, 0.2) is 42.6 Å². The molecule has 0 bridgehead atoms. The number of rotatable bonds is 3. The molecule has 0 aliphatic heterocycles. The van der Waals surface area contributed by atoms with Crippen LogP contribution >= 0.6 is 11.6 Å². The van der Waals surface area contributed by atoms with Gasteiger partial charge in [0, 0.05) is 28.6 Å². The fourth-order valence-corrected chi connectivity index (χ4v) is 2.74. The predicted molar refractivity (Wildman–Crippen MR) is 90.0 cm³/mol. The molecule has 1 aromatic heterocycles. The largest absolute Gasteiger partial charge is 0.496 e. The average Bonchev–Trinajstić information content (AvgIpc) is 2.61. The number of nitrogens with zero attached hydrogens (tertiary/aromatic N) is 1. The first-order valence-corrected chi connectivity index (χ1v) is 7.43. The van der Waals surface area contributed by atoms with E-state index >= 15 is 0 Å². The number of hydrogen-bond donors (Lipinski definition) is 0. The maximum atomic E-state index is 13.5. The van der Waals surface area contributed by atoms with Gasteiger partial charge in [-0.25, -0.2) is 9.18 Å². The summed E-state index contributed by atoms with van der Waals surface area (Å²) in [5.74, 6) is -0.535. The lowest BCUT2D eigenvalue weighted by atomic mass is 10.0. The summed E-state index contributed by atoms with van der Waals surface area (Å²) in [4.78, 5) is 16.2. The monoisotopic (exact) mass is 345 g/mol. The van der Waals surface area contributed by atoms with Crippen LogP contribution in [0.25, 0.3) is 22.0 Å². The third kappa shape index (κ3) is 2.78. The first kappa shape index (κ1) is 16.2. The fraction of sp³-hybridized carbons (Fsp3) is 0.111. The number of carbonyl (C=O) groups excluding carboxylic acids is 1. The molecule has 0 radical (unpaired) electrons. The highest BCUT2D eigenvalue weighted by molar-refractivity contribution is 6.35. The number of esters is 1. The Morgan fingerprint density at radius 3 is 2.62 bits per heavy atom. The first-order valence-electron chi connectivity index (χ1n) is 7.05. The SMILES string of the molecule is COC(=O)c1ccc2c(Cl)cnc(-c3ccc(F)cc3OC)c2c1. The molecular weight excluding hydrogens is 333 g/mol. The molecule has 0 saturated carbocycles. The summed E-state index contributed by atoms with van der Waals surface area (Å²) in [5, 5.41) is 1.82. The molecule has 3 aromatic rings. The molecule has 0 N–H and O–H groups in total. The van der Waals surface area contributed by atoms with Crippen molar-refractivity contribution in [1.29, 1.82) is 0 Å². The molecule has 4 nitrogen and oxygen atoms in total. The van der Waals surface area contributed by atoms with Gasteiger partial charge < -0.3 is 9.47 Å². The van der Waals surface area contributed by atoms with Gasteiger partial charge in [0.05, 0.1) is 30.5 Å². The van der Waals surface area contributed by atoms with E-state index in [0.717, 1.165) is 5.39 Å². The van der Waals surface area contributed by atoms with Crippen LogP contribution in [0.2, 0.25) is 5.02 Å². The molecule has 0 aliphatic rings. The molecule has 0 unspecified atom stereocenters. The van der Waals surface area contributed by atoms with Crippen molar-refractivity contribution < 1.29 is 18.7 Å². The normalized spacial score (nSPS) is 10.7. The molecule has 1 heterocycles. The van der Waals surface area contributed by atoms with Crippen molar-refractivity contribution >= 4 is 28.3 Å². The average molecular weight is 346 g/mol. The number of aromatic nitrogens is 1. The number of ether oxygens (including phenoxy) is 2. The second-order valence-electron chi connectivity index (χ2n) is 5.05. The number of pyridine rings is 1. The van der Waals surface area contributed by atoms with E-state index < -0.39 is 11.8 Å². The van der Waals surface area contributed by atoms with Gasteiger partial charge in [0.25, 0.3) is 0 Å². The topological polar surface area (TPSA) is 48.4 Å². The Labute approximate surface area is 142 Å². The Hall–Kier alpha value is -2.66. The summed E-state index contributed by atoms with van der Waals surface area (Å²) in [7, 11) is 2.77. The molecule has 24 heavy (non-hydrogen) atoms. The molecule has 0 aliphatic carbocycles. The summed E-state index contributed by atoms with van der Waals surface area (Å²) < 4.78 is 23.5. The van der Waals surface area contributed by atoms with Gasteiger partial charge in [0.1, 0.15) is 11.6 Å². The van der Waals surface area contributed by atoms with Crippen LogP contribution in [0.5, 0.6) is 5.75 Å². The van der Waals surface area contributed by atoms with E-state index in [9.17, 15) is 9.18 Å². The molecule has 122 valence electrons. The van der Waals surface area contributed by atoms with Gasteiger partial charge >= 0.3 is 5.97 Å². The molecule has 0 spiro atoms. The van der Waals surface area contributed by atoms with Crippen molar-refractivity contribution in [3.8, 4) is 17.0 Å². The van der Waals surface area contributed by atoms with Crippen molar-refractivity contribution in [1.82, 2.24) is 4.98 Å². The lowest BCUT2D eigenvalue weighted by Crippen LogP contribution is -2.01. The molecular formula is C18H13ClFNO3. The predicted octanol–water partition coefficient (Wildman–Crippen LogP) is 4.49. The molecule has 6 heteroatoms. The van der Waals surface area contributed by atoms with Gasteiger partial charge in [0.2, 0.25) is 0 Å². The highest BCUT2D eigenvalue weighted by atomic mass is 35.5. The van der Waals surface area contributed by atoms with Crippen LogP contribution in [-0.4, -0.2) is 25.2 Å². The van der Waals surface area contributed by atoms with Gasteiger partial charge in [-0.2, -0.15) is 0 Å². The quantitative estimate of drug-likeness (QED) is 0.656. The van der Waals surface area contributed by atoms with Gasteiger partial charge in [-0.3, -0.25) is 4.98 Å². The van der Waals surface area contributed by atoms with Gasteiger partial charge in [-0.1, -0.05) is 17.7 Å². The van der Waals surface area contributed by atoms with Gasteiger partial charge in [-0.05, 0) is 24.3 Å². The first-order chi connectivity index (χ1) is 11.5. The summed E-state index contributed by atoms with van der Waals surface area (Å²) in [6, 6.07) is 9.19. The zero-order valence-electron chi connectivity index (χ0n) is 13.0. The van der Waals surface area contributed by atoms with Crippen molar-refractivity contribution in [2.45, 2.75) is 0 Å². The number of hydrogen-bond acceptors (Lipinski definition) is 4. The molecule has 2 aromatic carbocycles. The van der Waals surface area contributed by atoms with E-state index in [1.165, 1.54) is 32.5 Å². The standard InChI is InChI=1S/C18H13ClFNO3/c1-23-16-8-11(20)4-6-13(16)17-14-7-10(18(22)24-2)3-5-12(14)15(19)9-21-17/h3-9H,1-2H3. The summed E-state index contributed by atoms with van der Waals surface area (Å²) in [6.07, 6.45) is 1.51. The third-order valence-electron chi connectivity index (χ3n) is 3.68. The van der Waals surface area contributed by atoms with E-state index in [-0.39, 0.29) is 0 Å². The molecule has 0 amide bonds. The maximum Gasteiger partial charge on any atom is 0.337 e. The zero-order valence-corrected chi connectivity index (χ0v) is 13.7. The Balaban J connectivity index is 2.32. The lowest BCUT2D eigenvalue weighted by Gasteiger charge is -2.12. The second kappa shape index (κ2) is 6.45. The van der Waals surface area contributed by atoms with E-state index in [0.29, 0.717) is 33.0 Å². The molecule has 3 rings (SSSR count). The summed E-state index contributed by atoms with van der Waals surface area (Å²) in [5.41, 5.74) is 1.51. The van der Waals surface area contributed by atoms with Crippen molar-refractivity contribution in [2.24, 2.45) is 0 Å². The van der Waals surface area contributed by atoms with Gasteiger partial charge in [0.15, 0.2) is 0 Å². The molecule has 0 atom stereocenters. The number of carbonyl (C=O) groups is 1. The highest BCUT2D eigenvalue weighted by Gasteiger charge is 2.16. The van der Waals surface area contributed by atoms with E-state index in [2.05, 4.69) is 4.98 Å². The summed E-state index contributed by atoms with van der Waals surface area (Å²) >= 11 is 6.21. The maximum absolute atomic E-state index is 13.5. The minimum absolute atomic E-state index is 0.342. The Morgan fingerprint density at radius 2 is 1.92 bits per heavy atom. The van der Waals surface area contributed by atoms with E-state index in [1.54, 1.807) is 24.3 Å². The summed E-state index contributed by atoms with van der Waals surface area (Å²) in [6.45, 7) is 0. The van der Waals surface area contributed by atoms with Crippen molar-refractivity contribution in [3.05, 3.63) is 59.0 Å². The Morgan fingerprint density at radius 1 is 1.12 bits per heavy atom. The van der Waals surface area contributed by atoms with Gasteiger partial charge in [-0.15, -0.1) is 0 Å². The third-order valence-corrected chi connectivity index (χ3v) is 3.98. The number of methoxy groups -OCH3 is 2. The molecule has 0 fully saturated rings. The van der Waals surface area contributed by atoms with Crippen LogP contribution in [-0.2, 0) is 4.74 Å². The van der Waals surface area contributed by atoms with Crippen molar-refractivity contribution in [3.63, 3.8) is 0 Å². The Kier molecular flexibility index (Phi) is 4.36. The highest BCUT2D eigenvalue weighted by Crippen LogP contribution is 2.36. The second-order valence-corrected chi connectivity index (χ2v) is 5.46. The fourth-order valence-electron chi connectivity index (χ4n) is 2.53. The minimum atomic E-state index is -0.464. The van der Waals surface area contributed by atoms with Crippen LogP contribution in [0.1, 0.15) is 10.4 Å². The van der Waals surface area contributed by atoms with Crippen LogP contribution in [0.4, 0.5) is 4.39 Å². The van der Waals surface area contributed by atoms with E-state index in [1.807, 2.05) is 0 Å². The zero-order chi connectivity index (χ0) is 17.3. The number of fused-ring (bicyclic) bond motifs is 1. The number of benzene rings is 2. The smallest absolute Gasteiger partial charge is 0.337 e. The lowest BCUT2D eigenvalue weighted by molar-refractivity contribution is 0.0601. The van der Waals surface area contributed by atoms with Crippen LogP contribution in [0, 0.1) is 5.82 Å². The van der Waals surface area contributed by atoms with Crippen LogP contribution in [0.3, 0.4) is 0 Å². The van der Waals surface area contributed by atoms with Crippen molar-refractivity contribution in [2.75, 3.05) is 14.2 Å².